The van der Waals surface area contributed by atoms with Crippen molar-refractivity contribution in [1.29, 1.82) is 0 Å². The fourth-order valence-electron chi connectivity index (χ4n) is 0.999. The van der Waals surface area contributed by atoms with Gasteiger partial charge >= 0.3 is 6.18 Å². The predicted octanol–water partition coefficient (Wildman–Crippen LogP) is 2.65. The van der Waals surface area contributed by atoms with Crippen LogP contribution in [0.4, 0.5) is 13.2 Å². The van der Waals surface area contributed by atoms with Gasteiger partial charge in [0.05, 0.1) is 17.9 Å². The molecule has 14 heavy (non-hydrogen) atoms. The molecule has 0 aromatic carbocycles. The smallest absolute Gasteiger partial charge is 0.415 e. The van der Waals surface area contributed by atoms with Crippen LogP contribution < -0.4 is 0 Å². The number of hydrogen-bond donors (Lipinski definition) is 0. The Labute approximate surface area is 80.7 Å². The summed E-state index contributed by atoms with van der Waals surface area (Å²) in [7, 11) is 0. The van der Waals surface area contributed by atoms with Gasteiger partial charge in [0.1, 0.15) is 12.7 Å². The number of rotatable bonds is 4. The fourth-order valence-corrected chi connectivity index (χ4v) is 0.999. The van der Waals surface area contributed by atoms with E-state index >= 15 is 0 Å². The van der Waals surface area contributed by atoms with Crippen LogP contribution in [-0.2, 0) is 9.47 Å². The van der Waals surface area contributed by atoms with E-state index in [9.17, 15) is 13.2 Å². The number of halogens is 3. The molecule has 1 aliphatic heterocycles. The molecule has 0 bridgehead atoms. The second kappa shape index (κ2) is 4.21. The highest BCUT2D eigenvalue weighted by molar-refractivity contribution is 5.04. The molecule has 1 aliphatic rings. The molecule has 1 heterocycles. The minimum absolute atomic E-state index is 0.0439. The summed E-state index contributed by atoms with van der Waals surface area (Å²) < 4.78 is 46.3. The first-order chi connectivity index (χ1) is 6.45. The maximum atomic E-state index is 12.2. The summed E-state index contributed by atoms with van der Waals surface area (Å²) in [6, 6.07) is 0. The Kier molecular flexibility index (Phi) is 3.42. The maximum Gasteiger partial charge on any atom is 0.415 e. The lowest BCUT2D eigenvalue weighted by Gasteiger charge is -2.09. The summed E-state index contributed by atoms with van der Waals surface area (Å²) in [5.74, 6) is 0. The van der Waals surface area contributed by atoms with Crippen LogP contribution >= 0.6 is 0 Å². The molecule has 0 aromatic heterocycles. The Morgan fingerprint density at radius 2 is 2.07 bits per heavy atom. The molecule has 0 saturated carbocycles. The van der Waals surface area contributed by atoms with E-state index in [-0.39, 0.29) is 25.2 Å². The molecule has 1 fully saturated rings. The first-order valence-corrected chi connectivity index (χ1v) is 4.48. The summed E-state index contributed by atoms with van der Waals surface area (Å²) in [6.07, 6.45) is -3.51. The second-order valence-corrected chi connectivity index (χ2v) is 3.21. The zero-order chi connectivity index (χ0) is 10.8. The van der Waals surface area contributed by atoms with Gasteiger partial charge < -0.3 is 9.47 Å². The van der Waals surface area contributed by atoms with E-state index in [1.165, 1.54) is 6.92 Å². The standard InChI is InChI=1S/C9H13F3O2/c1-3-7(9(10,11)12)4-13-5-8-6(2)14-8/h4,6,8H,3,5H2,1-2H3. The molecule has 5 heteroatoms. The van der Waals surface area contributed by atoms with Crippen LogP contribution in [0.5, 0.6) is 0 Å². The Morgan fingerprint density at radius 1 is 1.50 bits per heavy atom. The van der Waals surface area contributed by atoms with Crippen molar-refractivity contribution in [3.05, 3.63) is 11.8 Å². The first-order valence-electron chi connectivity index (χ1n) is 4.48. The van der Waals surface area contributed by atoms with Gasteiger partial charge in [0.25, 0.3) is 0 Å². The third kappa shape index (κ3) is 3.21. The third-order valence-electron chi connectivity index (χ3n) is 2.07. The Hall–Kier alpha value is -0.710. The molecule has 2 unspecified atom stereocenters. The number of alkyl halides is 3. The average Bonchev–Trinajstić information content (AvgIpc) is 2.73. The van der Waals surface area contributed by atoms with E-state index < -0.39 is 11.7 Å². The third-order valence-corrected chi connectivity index (χ3v) is 2.07. The van der Waals surface area contributed by atoms with E-state index in [0.717, 1.165) is 6.26 Å². The minimum Gasteiger partial charge on any atom is -0.498 e. The lowest BCUT2D eigenvalue weighted by atomic mass is 10.2. The molecule has 0 spiro atoms. The van der Waals surface area contributed by atoms with Gasteiger partial charge in [-0.05, 0) is 13.3 Å². The summed E-state index contributed by atoms with van der Waals surface area (Å²) in [6.45, 7) is 3.49. The van der Waals surface area contributed by atoms with Gasteiger partial charge in [-0.15, -0.1) is 0 Å². The van der Waals surface area contributed by atoms with Crippen molar-refractivity contribution in [2.75, 3.05) is 6.61 Å². The fraction of sp³-hybridized carbons (Fsp3) is 0.778. The van der Waals surface area contributed by atoms with Crippen LogP contribution in [-0.4, -0.2) is 25.0 Å². The highest BCUT2D eigenvalue weighted by Gasteiger charge is 2.35. The van der Waals surface area contributed by atoms with Crippen LogP contribution in [0.3, 0.4) is 0 Å². The van der Waals surface area contributed by atoms with Gasteiger partial charge in [0.2, 0.25) is 0 Å². The van der Waals surface area contributed by atoms with E-state index in [1.807, 2.05) is 6.92 Å². The lowest BCUT2D eigenvalue weighted by molar-refractivity contribution is -0.0958. The normalized spacial score (nSPS) is 27.6. The van der Waals surface area contributed by atoms with Crippen LogP contribution in [0.15, 0.2) is 11.8 Å². The van der Waals surface area contributed by atoms with Crippen LogP contribution in [0, 0.1) is 0 Å². The topological polar surface area (TPSA) is 21.8 Å². The van der Waals surface area contributed by atoms with Crippen molar-refractivity contribution in [1.82, 2.24) is 0 Å². The highest BCUT2D eigenvalue weighted by Crippen LogP contribution is 2.28. The summed E-state index contributed by atoms with van der Waals surface area (Å²) in [5, 5.41) is 0. The zero-order valence-corrected chi connectivity index (χ0v) is 8.10. The lowest BCUT2D eigenvalue weighted by Crippen LogP contribution is -2.12. The molecule has 0 N–H and O–H groups in total. The minimum atomic E-state index is -4.29. The highest BCUT2D eigenvalue weighted by atomic mass is 19.4. The quantitative estimate of drug-likeness (QED) is 0.525. The number of allylic oxidation sites excluding steroid dienone is 1. The van der Waals surface area contributed by atoms with Crippen molar-refractivity contribution in [3.8, 4) is 0 Å². The van der Waals surface area contributed by atoms with Crippen molar-refractivity contribution in [2.24, 2.45) is 0 Å². The molecule has 0 radical (unpaired) electrons. The van der Waals surface area contributed by atoms with E-state index in [0.29, 0.717) is 0 Å². The average molecular weight is 210 g/mol. The number of hydrogen-bond acceptors (Lipinski definition) is 2. The molecule has 1 rings (SSSR count). The zero-order valence-electron chi connectivity index (χ0n) is 8.10. The Balaban J connectivity index is 2.33. The number of epoxide rings is 1. The van der Waals surface area contributed by atoms with Gasteiger partial charge in [-0.2, -0.15) is 13.2 Å². The molecule has 0 amide bonds. The predicted molar refractivity (Wildman–Crippen MR) is 44.7 cm³/mol. The van der Waals surface area contributed by atoms with E-state index in [1.54, 1.807) is 0 Å². The largest absolute Gasteiger partial charge is 0.498 e. The second-order valence-electron chi connectivity index (χ2n) is 3.21. The number of ether oxygens (including phenoxy) is 2. The van der Waals surface area contributed by atoms with Gasteiger partial charge in [-0.25, -0.2) is 0 Å². The van der Waals surface area contributed by atoms with Gasteiger partial charge in [-0.3, -0.25) is 0 Å². The van der Waals surface area contributed by atoms with Gasteiger partial charge in [0, 0.05) is 0 Å². The SMILES string of the molecule is CCC(=COCC1OC1C)C(F)(F)F. The molecule has 0 aromatic rings. The summed E-state index contributed by atoms with van der Waals surface area (Å²) >= 11 is 0. The van der Waals surface area contributed by atoms with Crippen molar-refractivity contribution >= 4 is 0 Å². The van der Waals surface area contributed by atoms with Gasteiger partial charge in [0.15, 0.2) is 0 Å². The van der Waals surface area contributed by atoms with E-state index in [2.05, 4.69) is 0 Å². The molecular weight excluding hydrogens is 197 g/mol. The molecule has 0 aliphatic carbocycles. The molecule has 82 valence electrons. The summed E-state index contributed by atoms with van der Waals surface area (Å²) in [4.78, 5) is 0. The molecular formula is C9H13F3O2. The maximum absolute atomic E-state index is 12.2. The first kappa shape index (κ1) is 11.4. The van der Waals surface area contributed by atoms with Gasteiger partial charge in [-0.1, -0.05) is 6.92 Å². The monoisotopic (exact) mass is 210 g/mol. The Morgan fingerprint density at radius 3 is 2.43 bits per heavy atom. The molecule has 2 atom stereocenters. The molecule has 1 saturated heterocycles. The van der Waals surface area contributed by atoms with Crippen LogP contribution in [0.2, 0.25) is 0 Å². The summed E-state index contributed by atoms with van der Waals surface area (Å²) in [5.41, 5.74) is -0.647. The molecule has 2 nitrogen and oxygen atoms in total. The van der Waals surface area contributed by atoms with E-state index in [4.69, 9.17) is 9.47 Å². The van der Waals surface area contributed by atoms with Crippen LogP contribution in [0.1, 0.15) is 20.3 Å². The van der Waals surface area contributed by atoms with Crippen molar-refractivity contribution < 1.29 is 22.6 Å². The van der Waals surface area contributed by atoms with Crippen LogP contribution in [0.25, 0.3) is 0 Å². The Bertz CT molecular complexity index is 223. The van der Waals surface area contributed by atoms with Crippen molar-refractivity contribution in [3.63, 3.8) is 0 Å². The van der Waals surface area contributed by atoms with Crippen molar-refractivity contribution in [2.45, 2.75) is 38.7 Å².